The van der Waals surface area contributed by atoms with Gasteiger partial charge in [0.25, 0.3) is 0 Å². The van der Waals surface area contributed by atoms with E-state index in [4.69, 9.17) is 22.4 Å². The van der Waals surface area contributed by atoms with Gasteiger partial charge in [-0.1, -0.05) is 11.6 Å². The Hall–Kier alpha value is -0.870. The normalized spacial score (nSPS) is 15.8. The SMILES string of the molecule is CC(O)C(N)CNS(=O)(=O)c1cc(C(F)(F)F)ccc1Cl. The Morgan fingerprint density at radius 2 is 2.00 bits per heavy atom. The zero-order valence-electron chi connectivity index (χ0n) is 10.9. The van der Waals surface area contributed by atoms with E-state index in [0.29, 0.717) is 12.1 Å². The van der Waals surface area contributed by atoms with E-state index < -0.39 is 38.8 Å². The average Bonchev–Trinajstić information content (AvgIpc) is 2.34. The Morgan fingerprint density at radius 1 is 1.43 bits per heavy atom. The maximum absolute atomic E-state index is 12.6. The van der Waals surface area contributed by atoms with E-state index in [1.807, 2.05) is 4.72 Å². The number of aliphatic hydroxyl groups excluding tert-OH is 1. The van der Waals surface area contributed by atoms with Gasteiger partial charge in [0.15, 0.2) is 0 Å². The summed E-state index contributed by atoms with van der Waals surface area (Å²) >= 11 is 5.64. The largest absolute Gasteiger partial charge is 0.416 e. The second-order valence-corrected chi connectivity index (χ2v) is 6.54. The van der Waals surface area contributed by atoms with Gasteiger partial charge in [0, 0.05) is 12.6 Å². The van der Waals surface area contributed by atoms with Crippen LogP contribution in [0.1, 0.15) is 12.5 Å². The first-order chi connectivity index (χ1) is 9.45. The summed E-state index contributed by atoms with van der Waals surface area (Å²) in [6.07, 6.45) is -5.67. The van der Waals surface area contributed by atoms with E-state index in [9.17, 15) is 21.6 Å². The standard InChI is InChI=1S/C11H14ClF3N2O3S/c1-6(18)9(16)5-17-21(19,20)10-4-7(11(13,14)15)2-3-8(10)12/h2-4,6,9,17-18H,5,16H2,1H3. The van der Waals surface area contributed by atoms with E-state index in [1.54, 1.807) is 0 Å². The van der Waals surface area contributed by atoms with Gasteiger partial charge in [-0.3, -0.25) is 0 Å². The van der Waals surface area contributed by atoms with Crippen LogP contribution in [0.2, 0.25) is 5.02 Å². The van der Waals surface area contributed by atoms with Crippen LogP contribution in [-0.4, -0.2) is 32.2 Å². The van der Waals surface area contributed by atoms with Gasteiger partial charge in [-0.15, -0.1) is 0 Å². The summed E-state index contributed by atoms with van der Waals surface area (Å²) in [5.41, 5.74) is 4.32. The zero-order chi connectivity index (χ0) is 16.4. The summed E-state index contributed by atoms with van der Waals surface area (Å²) in [5, 5.41) is 8.81. The Kier molecular flexibility index (Phi) is 5.62. The van der Waals surface area contributed by atoms with Crippen LogP contribution in [0.5, 0.6) is 0 Å². The summed E-state index contributed by atoms with van der Waals surface area (Å²) in [5.74, 6) is 0. The number of rotatable bonds is 5. The molecule has 1 aromatic carbocycles. The van der Waals surface area contributed by atoms with E-state index in [-0.39, 0.29) is 11.6 Å². The molecule has 0 fully saturated rings. The smallest absolute Gasteiger partial charge is 0.392 e. The third-order valence-corrected chi connectivity index (χ3v) is 4.58. The van der Waals surface area contributed by atoms with E-state index >= 15 is 0 Å². The molecule has 0 bridgehead atoms. The lowest BCUT2D eigenvalue weighted by molar-refractivity contribution is -0.137. The van der Waals surface area contributed by atoms with Gasteiger partial charge in [-0.05, 0) is 25.1 Å². The van der Waals surface area contributed by atoms with Gasteiger partial charge in [0.1, 0.15) is 4.90 Å². The molecule has 0 aliphatic heterocycles. The lowest BCUT2D eigenvalue weighted by atomic mass is 10.2. The van der Waals surface area contributed by atoms with Crippen molar-refractivity contribution >= 4 is 21.6 Å². The molecule has 1 aromatic rings. The van der Waals surface area contributed by atoms with E-state index in [1.165, 1.54) is 6.92 Å². The molecule has 2 unspecified atom stereocenters. The molecule has 21 heavy (non-hydrogen) atoms. The van der Waals surface area contributed by atoms with Crippen molar-refractivity contribution < 1.29 is 26.7 Å². The summed E-state index contributed by atoms with van der Waals surface area (Å²) in [4.78, 5) is -0.697. The molecule has 0 radical (unpaired) electrons. The molecule has 0 heterocycles. The van der Waals surface area contributed by atoms with E-state index in [2.05, 4.69) is 0 Å². The Morgan fingerprint density at radius 3 is 2.48 bits per heavy atom. The molecule has 0 saturated heterocycles. The van der Waals surface area contributed by atoms with Crippen LogP contribution in [0, 0.1) is 0 Å². The summed E-state index contributed by atoms with van der Waals surface area (Å²) in [6, 6.07) is 1.08. The van der Waals surface area contributed by atoms with Crippen molar-refractivity contribution in [2.24, 2.45) is 5.73 Å². The van der Waals surface area contributed by atoms with Gasteiger partial charge < -0.3 is 10.8 Å². The van der Waals surface area contributed by atoms with Crippen molar-refractivity contribution in [3.8, 4) is 0 Å². The number of nitrogens with two attached hydrogens (primary N) is 1. The minimum absolute atomic E-state index is 0.341. The second-order valence-electron chi connectivity index (χ2n) is 4.40. The van der Waals surface area contributed by atoms with Crippen molar-refractivity contribution in [3.05, 3.63) is 28.8 Å². The maximum atomic E-state index is 12.6. The van der Waals surface area contributed by atoms with Crippen LogP contribution < -0.4 is 10.5 Å². The van der Waals surface area contributed by atoms with Gasteiger partial charge in [-0.2, -0.15) is 13.2 Å². The number of hydrogen-bond donors (Lipinski definition) is 3. The zero-order valence-corrected chi connectivity index (χ0v) is 12.4. The first-order valence-electron chi connectivity index (χ1n) is 5.75. The van der Waals surface area contributed by atoms with Crippen LogP contribution in [0.4, 0.5) is 13.2 Å². The lowest BCUT2D eigenvalue weighted by Gasteiger charge is -2.16. The molecule has 5 nitrogen and oxygen atoms in total. The topological polar surface area (TPSA) is 92.4 Å². The molecule has 1 rings (SSSR count). The summed E-state index contributed by atoms with van der Waals surface area (Å²) < 4.78 is 63.7. The number of alkyl halides is 3. The molecule has 0 aromatic heterocycles. The highest BCUT2D eigenvalue weighted by Crippen LogP contribution is 2.33. The number of nitrogens with one attached hydrogen (secondary N) is 1. The van der Waals surface area contributed by atoms with Crippen molar-refractivity contribution in [1.82, 2.24) is 4.72 Å². The van der Waals surface area contributed by atoms with Crippen molar-refractivity contribution in [1.29, 1.82) is 0 Å². The number of benzene rings is 1. The van der Waals surface area contributed by atoms with Crippen molar-refractivity contribution in [2.45, 2.75) is 30.1 Å². The Balaban J connectivity index is 3.08. The highest BCUT2D eigenvalue weighted by Gasteiger charge is 2.32. The molecule has 4 N–H and O–H groups in total. The van der Waals surface area contributed by atoms with Crippen LogP contribution in [0.25, 0.3) is 0 Å². The Labute approximate surface area is 125 Å². The maximum Gasteiger partial charge on any atom is 0.416 e. The van der Waals surface area contributed by atoms with Crippen LogP contribution >= 0.6 is 11.6 Å². The molecule has 10 heteroatoms. The fourth-order valence-corrected chi connectivity index (χ4v) is 2.94. The fraction of sp³-hybridized carbons (Fsp3) is 0.455. The molecule has 120 valence electrons. The van der Waals surface area contributed by atoms with Gasteiger partial charge in [0.05, 0.1) is 16.7 Å². The Bertz CT molecular complexity index is 605. The predicted octanol–water partition coefficient (Wildman–Crippen LogP) is 1.35. The molecule has 0 spiro atoms. The van der Waals surface area contributed by atoms with Crippen molar-refractivity contribution in [2.75, 3.05) is 6.54 Å². The third kappa shape index (κ3) is 4.82. The highest BCUT2D eigenvalue weighted by molar-refractivity contribution is 7.89. The minimum Gasteiger partial charge on any atom is -0.392 e. The first kappa shape index (κ1) is 18.2. The van der Waals surface area contributed by atoms with Crippen molar-refractivity contribution in [3.63, 3.8) is 0 Å². The van der Waals surface area contributed by atoms with Crippen LogP contribution in [0.15, 0.2) is 23.1 Å². The molecular formula is C11H14ClF3N2O3S. The second kappa shape index (κ2) is 6.49. The number of halogens is 4. The number of sulfonamides is 1. The molecule has 2 atom stereocenters. The monoisotopic (exact) mass is 346 g/mol. The van der Waals surface area contributed by atoms with Crippen LogP contribution in [0.3, 0.4) is 0 Å². The van der Waals surface area contributed by atoms with Crippen LogP contribution in [-0.2, 0) is 16.2 Å². The molecule has 0 saturated carbocycles. The number of hydrogen-bond acceptors (Lipinski definition) is 4. The fourth-order valence-electron chi connectivity index (χ4n) is 1.34. The van der Waals surface area contributed by atoms with E-state index in [0.717, 1.165) is 6.07 Å². The minimum atomic E-state index is -4.69. The number of aliphatic hydroxyl groups is 1. The molecule has 0 aliphatic carbocycles. The highest BCUT2D eigenvalue weighted by atomic mass is 35.5. The lowest BCUT2D eigenvalue weighted by Crippen LogP contribution is -2.43. The third-order valence-electron chi connectivity index (χ3n) is 2.68. The average molecular weight is 347 g/mol. The summed E-state index contributed by atoms with van der Waals surface area (Å²) in [6.45, 7) is 1.02. The summed E-state index contributed by atoms with van der Waals surface area (Å²) in [7, 11) is -4.28. The molecular weight excluding hydrogens is 333 g/mol. The van der Waals surface area contributed by atoms with Gasteiger partial charge in [0.2, 0.25) is 10.0 Å². The predicted molar refractivity (Wildman–Crippen MR) is 71.3 cm³/mol. The first-order valence-corrected chi connectivity index (χ1v) is 7.61. The quantitative estimate of drug-likeness (QED) is 0.750. The molecule has 0 amide bonds. The molecule has 0 aliphatic rings. The van der Waals surface area contributed by atoms with Gasteiger partial charge >= 0.3 is 6.18 Å². The van der Waals surface area contributed by atoms with Gasteiger partial charge in [-0.25, -0.2) is 13.1 Å².